The number of para-hydroxylation sites is 1. The number of benzene rings is 2. The van der Waals surface area contributed by atoms with Crippen LogP contribution in [0.5, 0.6) is 0 Å². The molecule has 9 heteroatoms. The number of nitrogen functional groups attached to an aromatic ring is 1. The third-order valence-electron chi connectivity index (χ3n) is 4.49. The lowest BCUT2D eigenvalue weighted by molar-refractivity contribution is 0.0992. The van der Waals surface area contributed by atoms with Gasteiger partial charge in [-0.2, -0.15) is 9.78 Å². The summed E-state index contributed by atoms with van der Waals surface area (Å²) in [5.74, 6) is -2.36. The SMILES string of the molecule is CC(c1cc(N)cc(C(F)F)c1)c1cc(=O)n(-c2ccccc2F)nc1C(N)=O. The van der Waals surface area contributed by atoms with E-state index in [1.165, 1.54) is 30.3 Å². The minimum absolute atomic E-state index is 0.109. The molecule has 0 aliphatic rings. The number of carbonyl (C=O) groups is 1. The third-order valence-corrected chi connectivity index (χ3v) is 4.49. The lowest BCUT2D eigenvalue weighted by atomic mass is 9.90. The Hall–Kier alpha value is -3.62. The Morgan fingerprint density at radius 3 is 2.38 bits per heavy atom. The molecule has 150 valence electrons. The number of anilines is 1. The van der Waals surface area contributed by atoms with Gasteiger partial charge in [0.2, 0.25) is 0 Å². The van der Waals surface area contributed by atoms with Gasteiger partial charge in [0.25, 0.3) is 17.9 Å². The van der Waals surface area contributed by atoms with Crippen molar-refractivity contribution in [1.82, 2.24) is 9.78 Å². The van der Waals surface area contributed by atoms with Crippen LogP contribution in [0, 0.1) is 5.82 Å². The second kappa shape index (κ2) is 7.78. The number of carbonyl (C=O) groups excluding carboxylic acids is 1. The van der Waals surface area contributed by atoms with Crippen LogP contribution >= 0.6 is 0 Å². The number of nitrogens with zero attached hydrogens (tertiary/aromatic N) is 2. The first-order valence-corrected chi connectivity index (χ1v) is 8.56. The van der Waals surface area contributed by atoms with Gasteiger partial charge in [-0.15, -0.1) is 0 Å². The highest BCUT2D eigenvalue weighted by Gasteiger charge is 2.22. The number of amides is 1. The number of hydrogen-bond acceptors (Lipinski definition) is 4. The van der Waals surface area contributed by atoms with Gasteiger partial charge < -0.3 is 11.5 Å². The summed E-state index contributed by atoms with van der Waals surface area (Å²) < 4.78 is 41.0. The monoisotopic (exact) mass is 402 g/mol. The van der Waals surface area contributed by atoms with Crippen molar-refractivity contribution >= 4 is 11.6 Å². The molecule has 1 unspecified atom stereocenters. The molecule has 3 rings (SSSR count). The van der Waals surface area contributed by atoms with Gasteiger partial charge in [-0.3, -0.25) is 9.59 Å². The molecular formula is C20H17F3N4O2. The van der Waals surface area contributed by atoms with Crippen LogP contribution in [0.4, 0.5) is 18.9 Å². The summed E-state index contributed by atoms with van der Waals surface area (Å²) in [5.41, 5.74) is 10.3. The predicted molar refractivity (Wildman–Crippen MR) is 102 cm³/mol. The zero-order chi connectivity index (χ0) is 21.3. The van der Waals surface area contributed by atoms with Crippen LogP contribution in [0.25, 0.3) is 5.69 Å². The number of alkyl halides is 2. The van der Waals surface area contributed by atoms with Gasteiger partial charge in [0, 0.05) is 23.2 Å². The Morgan fingerprint density at radius 1 is 1.10 bits per heavy atom. The largest absolute Gasteiger partial charge is 0.399 e. The minimum atomic E-state index is -2.74. The van der Waals surface area contributed by atoms with Gasteiger partial charge in [0.15, 0.2) is 5.69 Å². The van der Waals surface area contributed by atoms with Gasteiger partial charge in [-0.05, 0) is 41.5 Å². The summed E-state index contributed by atoms with van der Waals surface area (Å²) in [5, 5.41) is 3.94. The molecular weight excluding hydrogens is 385 g/mol. The standard InChI is InChI=1S/C20H17F3N4O2/c1-10(11-6-12(19(22)23)8-13(24)7-11)14-9-17(28)27(26-18(14)20(25)29)16-5-3-2-4-15(16)21/h2-10,19H,24H2,1H3,(H2,25,29). The van der Waals surface area contributed by atoms with Crippen molar-refractivity contribution < 1.29 is 18.0 Å². The highest BCUT2D eigenvalue weighted by Crippen LogP contribution is 2.31. The Morgan fingerprint density at radius 2 is 1.76 bits per heavy atom. The van der Waals surface area contributed by atoms with Crippen molar-refractivity contribution in [2.45, 2.75) is 19.3 Å². The first-order valence-electron chi connectivity index (χ1n) is 8.56. The molecule has 1 atom stereocenters. The Balaban J connectivity index is 2.18. The molecule has 29 heavy (non-hydrogen) atoms. The van der Waals surface area contributed by atoms with E-state index in [2.05, 4.69) is 5.10 Å². The lowest BCUT2D eigenvalue weighted by Gasteiger charge is -2.18. The molecule has 6 nitrogen and oxygen atoms in total. The molecule has 0 saturated heterocycles. The van der Waals surface area contributed by atoms with Gasteiger partial charge in [0.05, 0.1) is 0 Å². The Labute approximate surface area is 163 Å². The highest BCUT2D eigenvalue weighted by molar-refractivity contribution is 5.92. The minimum Gasteiger partial charge on any atom is -0.399 e. The van der Waals surface area contributed by atoms with E-state index in [0.717, 1.165) is 22.9 Å². The van der Waals surface area contributed by atoms with Crippen LogP contribution < -0.4 is 17.0 Å². The summed E-state index contributed by atoms with van der Waals surface area (Å²) in [6.45, 7) is 1.60. The molecule has 0 radical (unpaired) electrons. The topological polar surface area (TPSA) is 104 Å². The zero-order valence-corrected chi connectivity index (χ0v) is 15.3. The van der Waals surface area contributed by atoms with E-state index in [1.54, 1.807) is 6.92 Å². The van der Waals surface area contributed by atoms with Crippen LogP contribution in [0.2, 0.25) is 0 Å². The Kier molecular flexibility index (Phi) is 5.40. The molecule has 0 bridgehead atoms. The van der Waals surface area contributed by atoms with E-state index < -0.39 is 29.6 Å². The average Bonchev–Trinajstić information content (AvgIpc) is 2.67. The summed E-state index contributed by atoms with van der Waals surface area (Å²) in [4.78, 5) is 24.6. The number of rotatable bonds is 5. The van der Waals surface area contributed by atoms with E-state index in [1.807, 2.05) is 0 Å². The van der Waals surface area contributed by atoms with Crippen LogP contribution in [-0.2, 0) is 0 Å². The van der Waals surface area contributed by atoms with Crippen LogP contribution in [0.1, 0.15) is 46.4 Å². The van der Waals surface area contributed by atoms with Crippen molar-refractivity contribution in [3.8, 4) is 5.69 Å². The smallest absolute Gasteiger partial charge is 0.271 e. The third kappa shape index (κ3) is 3.98. The fraction of sp³-hybridized carbons (Fsp3) is 0.150. The molecule has 1 heterocycles. The average molecular weight is 402 g/mol. The summed E-state index contributed by atoms with van der Waals surface area (Å²) in [6, 6.07) is 10.3. The maximum Gasteiger partial charge on any atom is 0.271 e. The molecule has 1 amide bonds. The van der Waals surface area contributed by atoms with Gasteiger partial charge >= 0.3 is 0 Å². The quantitative estimate of drug-likeness (QED) is 0.640. The van der Waals surface area contributed by atoms with Crippen molar-refractivity contribution in [2.75, 3.05) is 5.73 Å². The fourth-order valence-electron chi connectivity index (χ4n) is 3.05. The normalized spacial score (nSPS) is 12.2. The number of nitrogens with two attached hydrogens (primary N) is 2. The van der Waals surface area contributed by atoms with Crippen LogP contribution in [0.15, 0.2) is 53.3 Å². The number of primary amides is 1. The van der Waals surface area contributed by atoms with Crippen molar-refractivity contribution in [3.05, 3.63) is 87.1 Å². The van der Waals surface area contributed by atoms with Gasteiger partial charge in [-0.25, -0.2) is 13.2 Å². The highest BCUT2D eigenvalue weighted by atomic mass is 19.3. The van der Waals surface area contributed by atoms with Crippen molar-refractivity contribution in [1.29, 1.82) is 0 Å². The number of hydrogen-bond donors (Lipinski definition) is 2. The first-order chi connectivity index (χ1) is 13.7. The molecule has 0 aliphatic heterocycles. The molecule has 0 spiro atoms. The Bertz CT molecular complexity index is 1140. The van der Waals surface area contributed by atoms with E-state index in [9.17, 15) is 22.8 Å². The van der Waals surface area contributed by atoms with E-state index in [4.69, 9.17) is 11.5 Å². The van der Waals surface area contributed by atoms with E-state index in [0.29, 0.717) is 5.56 Å². The number of halogens is 3. The molecule has 0 aliphatic carbocycles. The first kappa shape index (κ1) is 20.1. The predicted octanol–water partition coefficient (Wildman–Crippen LogP) is 3.14. The second-order valence-electron chi connectivity index (χ2n) is 6.47. The van der Waals surface area contributed by atoms with Crippen LogP contribution in [-0.4, -0.2) is 15.7 Å². The molecule has 1 aromatic heterocycles. The van der Waals surface area contributed by atoms with E-state index >= 15 is 0 Å². The number of aromatic nitrogens is 2. The van der Waals surface area contributed by atoms with E-state index in [-0.39, 0.29) is 28.2 Å². The summed E-state index contributed by atoms with van der Waals surface area (Å²) in [6.07, 6.45) is -2.74. The second-order valence-corrected chi connectivity index (χ2v) is 6.47. The molecule has 4 N–H and O–H groups in total. The molecule has 0 fully saturated rings. The van der Waals surface area contributed by atoms with Gasteiger partial charge in [-0.1, -0.05) is 19.1 Å². The maximum absolute atomic E-state index is 14.1. The van der Waals surface area contributed by atoms with Crippen LogP contribution in [0.3, 0.4) is 0 Å². The summed E-state index contributed by atoms with van der Waals surface area (Å²) in [7, 11) is 0. The molecule has 3 aromatic rings. The van der Waals surface area contributed by atoms with Crippen molar-refractivity contribution in [2.24, 2.45) is 5.73 Å². The molecule has 2 aromatic carbocycles. The lowest BCUT2D eigenvalue weighted by Crippen LogP contribution is -2.29. The molecule has 0 saturated carbocycles. The van der Waals surface area contributed by atoms with Crippen molar-refractivity contribution in [3.63, 3.8) is 0 Å². The van der Waals surface area contributed by atoms with Gasteiger partial charge in [0.1, 0.15) is 11.5 Å². The summed E-state index contributed by atoms with van der Waals surface area (Å²) >= 11 is 0. The fourth-order valence-corrected chi connectivity index (χ4v) is 3.05. The zero-order valence-electron chi connectivity index (χ0n) is 15.3. The maximum atomic E-state index is 14.1.